The Morgan fingerprint density at radius 3 is 2.54 bits per heavy atom. The lowest BCUT2D eigenvalue weighted by Crippen LogP contribution is -2.55. The van der Waals surface area contributed by atoms with Crippen molar-refractivity contribution in [2.75, 3.05) is 6.54 Å². The van der Waals surface area contributed by atoms with Gasteiger partial charge in [0.1, 0.15) is 11.6 Å². The maximum atomic E-state index is 13.4. The summed E-state index contributed by atoms with van der Waals surface area (Å²) in [6, 6.07) is 4.66. The number of hydrogen-bond donors (Lipinski definition) is 0. The minimum atomic E-state index is -0.603. The Labute approximate surface area is 177 Å². The van der Waals surface area contributed by atoms with E-state index in [-0.39, 0.29) is 11.9 Å². The first-order valence-corrected chi connectivity index (χ1v) is 10.5. The van der Waals surface area contributed by atoms with Crippen LogP contribution >= 0.6 is 23.2 Å². The fraction of sp³-hybridized carbons (Fsp3) is 0.619. The largest absolute Gasteiger partial charge is 0.444 e. The van der Waals surface area contributed by atoms with Crippen LogP contribution in [0.5, 0.6) is 0 Å². The summed E-state index contributed by atoms with van der Waals surface area (Å²) in [5.74, 6) is -0.0865. The number of piperidine rings is 1. The maximum absolute atomic E-state index is 13.4. The van der Waals surface area contributed by atoms with Crippen LogP contribution in [0.1, 0.15) is 59.4 Å². The normalized spacial score (nSPS) is 17.6. The zero-order valence-electron chi connectivity index (χ0n) is 17.3. The molecule has 1 heterocycles. The van der Waals surface area contributed by atoms with E-state index < -0.39 is 17.7 Å². The molecule has 0 bridgehead atoms. The molecule has 0 N–H and O–H groups in total. The number of carbonyl (C=O) groups is 2. The Balaban J connectivity index is 2.24. The Kier molecular flexibility index (Phi) is 7.63. The van der Waals surface area contributed by atoms with Gasteiger partial charge in [0.25, 0.3) is 0 Å². The van der Waals surface area contributed by atoms with Gasteiger partial charge in [0, 0.05) is 29.2 Å². The fourth-order valence-electron chi connectivity index (χ4n) is 3.28. The summed E-state index contributed by atoms with van der Waals surface area (Å²) in [5, 5.41) is 1.14. The maximum Gasteiger partial charge on any atom is 0.410 e. The van der Waals surface area contributed by atoms with Crippen molar-refractivity contribution in [1.82, 2.24) is 9.80 Å². The molecule has 1 saturated heterocycles. The molecule has 1 unspecified atom stereocenters. The average Bonchev–Trinajstić information content (AvgIpc) is 2.60. The minimum Gasteiger partial charge on any atom is -0.444 e. The second-order valence-corrected chi connectivity index (χ2v) is 9.32. The molecule has 0 aromatic heterocycles. The lowest BCUT2D eigenvalue weighted by atomic mass is 10.0. The highest BCUT2D eigenvalue weighted by Gasteiger charge is 2.37. The first-order chi connectivity index (χ1) is 13.0. The molecule has 1 fully saturated rings. The van der Waals surface area contributed by atoms with Gasteiger partial charge in [-0.2, -0.15) is 0 Å². The number of nitrogens with zero attached hydrogens (tertiary/aromatic N) is 2. The molecule has 1 aliphatic heterocycles. The third-order valence-corrected chi connectivity index (χ3v) is 5.27. The first-order valence-electron chi connectivity index (χ1n) is 9.73. The molecule has 28 heavy (non-hydrogen) atoms. The molecule has 156 valence electrons. The zero-order chi connectivity index (χ0) is 21.1. The number of rotatable bonds is 4. The molecular formula is C21H30Cl2N2O3. The molecule has 1 atom stereocenters. The Morgan fingerprint density at radius 1 is 1.25 bits per heavy atom. The topological polar surface area (TPSA) is 49.9 Å². The molecule has 5 nitrogen and oxygen atoms in total. The van der Waals surface area contributed by atoms with Crippen molar-refractivity contribution in [2.24, 2.45) is 0 Å². The van der Waals surface area contributed by atoms with E-state index in [1.54, 1.807) is 28.0 Å². The molecule has 0 aliphatic carbocycles. The van der Waals surface area contributed by atoms with Crippen LogP contribution < -0.4 is 0 Å². The SMILES string of the molecule is CC(C)N(Cc1cc(Cl)ccc1Cl)C(=O)C1CCCCN1C(=O)OC(C)(C)C. The van der Waals surface area contributed by atoms with Crippen LogP contribution in [-0.2, 0) is 16.1 Å². The molecule has 7 heteroatoms. The second kappa shape index (κ2) is 9.36. The number of carbonyl (C=O) groups excluding carboxylic acids is 2. The van der Waals surface area contributed by atoms with Crippen LogP contribution in [0.15, 0.2) is 18.2 Å². The van der Waals surface area contributed by atoms with Gasteiger partial charge in [0.15, 0.2) is 0 Å². The van der Waals surface area contributed by atoms with Gasteiger partial charge in [-0.25, -0.2) is 4.79 Å². The van der Waals surface area contributed by atoms with Crippen LogP contribution in [0, 0.1) is 0 Å². The van der Waals surface area contributed by atoms with Crippen molar-refractivity contribution in [1.29, 1.82) is 0 Å². The molecule has 0 spiro atoms. The van der Waals surface area contributed by atoms with Crippen LogP contribution in [0.2, 0.25) is 10.0 Å². The van der Waals surface area contributed by atoms with Gasteiger partial charge in [-0.3, -0.25) is 9.69 Å². The summed E-state index contributed by atoms with van der Waals surface area (Å²) in [6.45, 7) is 10.3. The van der Waals surface area contributed by atoms with Crippen molar-refractivity contribution in [3.8, 4) is 0 Å². The van der Waals surface area contributed by atoms with E-state index in [4.69, 9.17) is 27.9 Å². The van der Waals surface area contributed by atoms with Crippen molar-refractivity contribution in [2.45, 2.75) is 78.1 Å². The van der Waals surface area contributed by atoms with Crippen molar-refractivity contribution < 1.29 is 14.3 Å². The number of halogens is 2. The molecule has 2 amide bonds. The average molecular weight is 429 g/mol. The summed E-state index contributed by atoms with van der Waals surface area (Å²) in [6.07, 6.45) is 1.96. The first kappa shape index (κ1) is 22.8. The second-order valence-electron chi connectivity index (χ2n) is 8.48. The van der Waals surface area contributed by atoms with E-state index in [9.17, 15) is 9.59 Å². The highest BCUT2D eigenvalue weighted by Crippen LogP contribution is 2.26. The van der Waals surface area contributed by atoms with Gasteiger partial charge >= 0.3 is 6.09 Å². The van der Waals surface area contributed by atoms with Gasteiger partial charge in [0.05, 0.1) is 0 Å². The Hall–Kier alpha value is -1.46. The minimum absolute atomic E-state index is 0.0510. The number of amides is 2. The lowest BCUT2D eigenvalue weighted by Gasteiger charge is -2.39. The smallest absolute Gasteiger partial charge is 0.410 e. The standard InChI is InChI=1S/C21H30Cl2N2O3/c1-14(2)25(13-15-12-16(22)9-10-17(15)23)19(26)18-8-6-7-11-24(18)20(27)28-21(3,4)5/h9-10,12,14,18H,6-8,11,13H2,1-5H3. The molecule has 2 rings (SSSR count). The molecular weight excluding hydrogens is 399 g/mol. The zero-order valence-corrected chi connectivity index (χ0v) is 18.8. The summed E-state index contributed by atoms with van der Waals surface area (Å²) < 4.78 is 5.53. The highest BCUT2D eigenvalue weighted by atomic mass is 35.5. The van der Waals surface area contributed by atoms with Crippen LogP contribution in [0.3, 0.4) is 0 Å². The summed E-state index contributed by atoms with van der Waals surface area (Å²) in [4.78, 5) is 29.4. The van der Waals surface area contributed by atoms with E-state index in [0.29, 0.717) is 29.6 Å². The van der Waals surface area contributed by atoms with Gasteiger partial charge in [0.2, 0.25) is 5.91 Å². The number of benzene rings is 1. The van der Waals surface area contributed by atoms with Gasteiger partial charge in [-0.15, -0.1) is 0 Å². The molecule has 1 aliphatic rings. The molecule has 1 aromatic carbocycles. The molecule has 1 aromatic rings. The predicted molar refractivity (Wildman–Crippen MR) is 113 cm³/mol. The van der Waals surface area contributed by atoms with Gasteiger partial charge < -0.3 is 9.64 Å². The fourth-order valence-corrected chi connectivity index (χ4v) is 3.65. The van der Waals surface area contributed by atoms with Crippen molar-refractivity contribution in [3.05, 3.63) is 33.8 Å². The third kappa shape index (κ3) is 6.02. The van der Waals surface area contributed by atoms with Gasteiger partial charge in [-0.1, -0.05) is 23.2 Å². The lowest BCUT2D eigenvalue weighted by molar-refractivity contribution is -0.140. The third-order valence-electron chi connectivity index (χ3n) is 4.67. The van der Waals surface area contributed by atoms with Gasteiger partial charge in [-0.05, 0) is 77.6 Å². The molecule has 0 saturated carbocycles. The van der Waals surface area contributed by atoms with Crippen LogP contribution in [0.25, 0.3) is 0 Å². The van der Waals surface area contributed by atoms with Crippen molar-refractivity contribution >= 4 is 35.2 Å². The summed E-state index contributed by atoms with van der Waals surface area (Å²) in [5.41, 5.74) is 0.185. The van der Waals surface area contributed by atoms with Crippen molar-refractivity contribution in [3.63, 3.8) is 0 Å². The summed E-state index contributed by atoms with van der Waals surface area (Å²) >= 11 is 12.4. The van der Waals surface area contributed by atoms with Crippen LogP contribution in [-0.4, -0.2) is 46.0 Å². The van der Waals surface area contributed by atoms with E-state index in [1.165, 1.54) is 0 Å². The number of hydrogen-bond acceptors (Lipinski definition) is 3. The Morgan fingerprint density at radius 2 is 1.93 bits per heavy atom. The predicted octanol–water partition coefficient (Wildman–Crippen LogP) is 5.52. The van der Waals surface area contributed by atoms with E-state index in [1.807, 2.05) is 34.6 Å². The quantitative estimate of drug-likeness (QED) is 0.633. The number of likely N-dealkylation sites (tertiary alicyclic amines) is 1. The number of ether oxygens (including phenoxy) is 1. The van der Waals surface area contributed by atoms with E-state index in [0.717, 1.165) is 18.4 Å². The van der Waals surface area contributed by atoms with E-state index in [2.05, 4.69) is 0 Å². The van der Waals surface area contributed by atoms with Crippen LogP contribution in [0.4, 0.5) is 4.79 Å². The van der Waals surface area contributed by atoms with E-state index >= 15 is 0 Å². The Bertz CT molecular complexity index is 716. The highest BCUT2D eigenvalue weighted by molar-refractivity contribution is 6.33. The molecule has 0 radical (unpaired) electrons. The monoisotopic (exact) mass is 428 g/mol. The summed E-state index contributed by atoms with van der Waals surface area (Å²) in [7, 11) is 0.